The van der Waals surface area contributed by atoms with E-state index in [1.807, 2.05) is 25.1 Å². The van der Waals surface area contributed by atoms with Crippen LogP contribution in [0.1, 0.15) is 32.4 Å². The Morgan fingerprint density at radius 1 is 1.20 bits per heavy atom. The van der Waals surface area contributed by atoms with Crippen LogP contribution in [0.2, 0.25) is 0 Å². The fourth-order valence-electron chi connectivity index (χ4n) is 2.22. The number of ether oxygens (including phenoxy) is 1. The summed E-state index contributed by atoms with van der Waals surface area (Å²) >= 11 is 0. The predicted octanol–water partition coefficient (Wildman–Crippen LogP) is 3.68. The number of hydrogen-bond acceptors (Lipinski definition) is 4. The van der Waals surface area contributed by atoms with Crippen molar-refractivity contribution >= 4 is 29.0 Å². The summed E-state index contributed by atoms with van der Waals surface area (Å²) in [5.74, 6) is 7.19. The Hall–Kier alpha value is -1.52. The molecule has 0 saturated carbocycles. The fraction of sp³-hybridized carbons (Fsp3) is 0.400. The van der Waals surface area contributed by atoms with Crippen LogP contribution in [-0.2, 0) is 6.42 Å². The number of hydrazine groups is 1. The van der Waals surface area contributed by atoms with Crippen molar-refractivity contribution in [3.63, 3.8) is 0 Å². The number of benzene rings is 1. The van der Waals surface area contributed by atoms with Gasteiger partial charge in [-0.25, -0.2) is 10.8 Å². The van der Waals surface area contributed by atoms with Crippen LogP contribution >= 0.6 is 12.4 Å². The summed E-state index contributed by atoms with van der Waals surface area (Å²) in [5, 5.41) is 2.06. The number of nitrogens with two attached hydrogens (primary N) is 1. The molecule has 0 bridgehead atoms. The lowest BCUT2D eigenvalue weighted by atomic mass is 10.1. The van der Waals surface area contributed by atoms with Crippen molar-refractivity contribution in [2.45, 2.75) is 33.1 Å². The summed E-state index contributed by atoms with van der Waals surface area (Å²) in [7, 11) is 0. The van der Waals surface area contributed by atoms with E-state index in [1.165, 1.54) is 0 Å². The normalized spacial score (nSPS) is 10.2. The molecule has 0 aliphatic carbocycles. The Bertz CT molecular complexity index is 560. The molecule has 0 saturated heterocycles. The highest BCUT2D eigenvalue weighted by molar-refractivity contribution is 5.96. The summed E-state index contributed by atoms with van der Waals surface area (Å²) in [6.45, 7) is 4.80. The number of nitrogen functional groups attached to an aromatic ring is 1. The molecule has 0 aliphatic heterocycles. The predicted molar refractivity (Wildman–Crippen MR) is 86.6 cm³/mol. The van der Waals surface area contributed by atoms with Gasteiger partial charge in [-0.3, -0.25) is 0 Å². The van der Waals surface area contributed by atoms with Gasteiger partial charge in [0.25, 0.3) is 0 Å². The van der Waals surface area contributed by atoms with E-state index in [9.17, 15) is 0 Å². The van der Waals surface area contributed by atoms with Crippen LogP contribution in [-0.4, -0.2) is 11.6 Å². The van der Waals surface area contributed by atoms with E-state index in [1.54, 1.807) is 0 Å². The number of aromatic nitrogens is 1. The first kappa shape index (κ1) is 16.5. The Morgan fingerprint density at radius 3 is 2.50 bits per heavy atom. The Balaban J connectivity index is 0.00000200. The molecule has 4 nitrogen and oxygen atoms in total. The van der Waals surface area contributed by atoms with Gasteiger partial charge in [0, 0.05) is 10.8 Å². The number of unbranched alkanes of at least 4 members (excludes halogenated alkanes) is 1. The van der Waals surface area contributed by atoms with Crippen molar-refractivity contribution < 1.29 is 4.74 Å². The first-order chi connectivity index (χ1) is 9.31. The first-order valence-corrected chi connectivity index (χ1v) is 6.82. The van der Waals surface area contributed by atoms with Gasteiger partial charge >= 0.3 is 0 Å². The molecule has 0 radical (unpaired) electrons. The number of aryl methyl sites for hydroxylation is 1. The minimum absolute atomic E-state index is 0. The third-order valence-electron chi connectivity index (χ3n) is 3.13. The van der Waals surface area contributed by atoms with E-state index in [4.69, 9.17) is 10.6 Å². The van der Waals surface area contributed by atoms with Gasteiger partial charge in [-0.2, -0.15) is 0 Å². The minimum atomic E-state index is 0. The standard InChI is InChI=1S/C15H21N3O.ClH/c1-3-5-10-13-14(19-4-2)11-8-6-7-9-12(11)15(17-13)18-16;/h6-9H,3-5,10,16H2,1-2H3,(H,17,18);1H. The molecule has 5 heteroatoms. The number of fused-ring (bicyclic) bond motifs is 1. The largest absolute Gasteiger partial charge is 0.491 e. The van der Waals surface area contributed by atoms with Crippen molar-refractivity contribution in [1.29, 1.82) is 0 Å². The molecular weight excluding hydrogens is 274 g/mol. The van der Waals surface area contributed by atoms with Crippen molar-refractivity contribution in [2.75, 3.05) is 12.0 Å². The van der Waals surface area contributed by atoms with Crippen molar-refractivity contribution in [3.8, 4) is 5.75 Å². The zero-order valence-electron chi connectivity index (χ0n) is 12.0. The maximum absolute atomic E-state index is 5.82. The summed E-state index contributed by atoms with van der Waals surface area (Å²) in [6, 6.07) is 8.04. The molecule has 0 fully saturated rings. The van der Waals surface area contributed by atoms with E-state index < -0.39 is 0 Å². The highest BCUT2D eigenvalue weighted by Crippen LogP contribution is 2.33. The molecule has 20 heavy (non-hydrogen) atoms. The number of rotatable bonds is 6. The number of nitrogens with zero attached hydrogens (tertiary/aromatic N) is 1. The highest BCUT2D eigenvalue weighted by atomic mass is 35.5. The van der Waals surface area contributed by atoms with Crippen LogP contribution in [0.4, 0.5) is 5.82 Å². The van der Waals surface area contributed by atoms with Crippen LogP contribution in [0.15, 0.2) is 24.3 Å². The maximum Gasteiger partial charge on any atom is 0.148 e. The van der Waals surface area contributed by atoms with Gasteiger partial charge in [0.1, 0.15) is 11.6 Å². The average Bonchev–Trinajstić information content (AvgIpc) is 2.46. The zero-order valence-corrected chi connectivity index (χ0v) is 12.8. The van der Waals surface area contributed by atoms with E-state index in [0.29, 0.717) is 12.4 Å². The van der Waals surface area contributed by atoms with Crippen LogP contribution in [0.3, 0.4) is 0 Å². The number of halogens is 1. The minimum Gasteiger partial charge on any atom is -0.491 e. The molecule has 0 spiro atoms. The lowest BCUT2D eigenvalue weighted by Gasteiger charge is -2.15. The zero-order chi connectivity index (χ0) is 13.7. The molecule has 1 aromatic carbocycles. The Labute approximate surface area is 126 Å². The van der Waals surface area contributed by atoms with Crippen molar-refractivity contribution in [1.82, 2.24) is 4.98 Å². The lowest BCUT2D eigenvalue weighted by Crippen LogP contribution is -2.11. The highest BCUT2D eigenvalue weighted by Gasteiger charge is 2.13. The van der Waals surface area contributed by atoms with E-state index in [0.717, 1.165) is 41.5 Å². The fourth-order valence-corrected chi connectivity index (χ4v) is 2.22. The molecule has 2 rings (SSSR count). The molecule has 1 aromatic heterocycles. The molecule has 0 atom stereocenters. The number of nitrogens with one attached hydrogen (secondary N) is 1. The molecule has 0 aliphatic rings. The summed E-state index contributed by atoms with van der Waals surface area (Å²) in [6.07, 6.45) is 3.13. The molecular formula is C15H22ClN3O. The smallest absolute Gasteiger partial charge is 0.148 e. The van der Waals surface area contributed by atoms with E-state index >= 15 is 0 Å². The third kappa shape index (κ3) is 3.32. The van der Waals surface area contributed by atoms with Gasteiger partial charge in [0.05, 0.1) is 12.3 Å². The molecule has 3 N–H and O–H groups in total. The van der Waals surface area contributed by atoms with E-state index in [2.05, 4.69) is 23.4 Å². The van der Waals surface area contributed by atoms with Gasteiger partial charge in [-0.15, -0.1) is 12.4 Å². The van der Waals surface area contributed by atoms with Crippen LogP contribution in [0, 0.1) is 0 Å². The average molecular weight is 296 g/mol. The second-order valence-electron chi connectivity index (χ2n) is 4.46. The van der Waals surface area contributed by atoms with Crippen LogP contribution in [0.25, 0.3) is 10.8 Å². The summed E-state index contributed by atoms with van der Waals surface area (Å²) < 4.78 is 5.82. The van der Waals surface area contributed by atoms with Gasteiger partial charge in [0.15, 0.2) is 0 Å². The monoisotopic (exact) mass is 295 g/mol. The topological polar surface area (TPSA) is 60.2 Å². The number of anilines is 1. The summed E-state index contributed by atoms with van der Waals surface area (Å²) in [5.41, 5.74) is 3.67. The second-order valence-corrected chi connectivity index (χ2v) is 4.46. The molecule has 1 heterocycles. The maximum atomic E-state index is 5.82. The van der Waals surface area contributed by atoms with Crippen molar-refractivity contribution in [3.05, 3.63) is 30.0 Å². The van der Waals surface area contributed by atoms with Gasteiger partial charge < -0.3 is 10.2 Å². The van der Waals surface area contributed by atoms with E-state index in [-0.39, 0.29) is 12.4 Å². The molecule has 2 aromatic rings. The molecule has 0 unspecified atom stereocenters. The van der Waals surface area contributed by atoms with Gasteiger partial charge in [0.2, 0.25) is 0 Å². The SMILES string of the molecule is CCCCc1nc(NN)c2ccccc2c1OCC.Cl. The first-order valence-electron chi connectivity index (χ1n) is 6.82. The van der Waals surface area contributed by atoms with Crippen LogP contribution < -0.4 is 16.0 Å². The number of hydrogen-bond donors (Lipinski definition) is 2. The summed E-state index contributed by atoms with van der Waals surface area (Å²) in [4.78, 5) is 4.61. The van der Waals surface area contributed by atoms with Crippen molar-refractivity contribution in [2.24, 2.45) is 5.84 Å². The Kier molecular flexibility index (Phi) is 6.55. The second kappa shape index (κ2) is 7.92. The lowest BCUT2D eigenvalue weighted by molar-refractivity contribution is 0.338. The third-order valence-corrected chi connectivity index (χ3v) is 3.13. The molecule has 0 amide bonds. The number of pyridine rings is 1. The Morgan fingerprint density at radius 2 is 1.90 bits per heavy atom. The van der Waals surface area contributed by atoms with Gasteiger partial charge in [-0.05, 0) is 19.8 Å². The van der Waals surface area contributed by atoms with Crippen LogP contribution in [0.5, 0.6) is 5.75 Å². The quantitative estimate of drug-likeness (QED) is 0.630. The van der Waals surface area contributed by atoms with Gasteiger partial charge in [-0.1, -0.05) is 37.6 Å². The molecule has 110 valence electrons.